The van der Waals surface area contributed by atoms with Crippen LogP contribution in [-0.2, 0) is 0 Å². The molecule has 0 aliphatic heterocycles. The summed E-state index contributed by atoms with van der Waals surface area (Å²) < 4.78 is 9.68. The van der Waals surface area contributed by atoms with Crippen LogP contribution in [0.1, 0.15) is 10.6 Å². The van der Waals surface area contributed by atoms with Gasteiger partial charge in [-0.05, 0) is 12.1 Å². The molecule has 0 aliphatic rings. The molecule has 8 heteroatoms. The van der Waals surface area contributed by atoms with Crippen molar-refractivity contribution in [1.82, 2.24) is 4.98 Å². The zero-order valence-electron chi connectivity index (χ0n) is 9.82. The number of nitrogens with one attached hydrogen (secondary N) is 1. The van der Waals surface area contributed by atoms with Crippen molar-refractivity contribution in [3.63, 3.8) is 0 Å². The summed E-state index contributed by atoms with van der Waals surface area (Å²) in [5.41, 5.74) is 0.441. The first kappa shape index (κ1) is 12.6. The van der Waals surface area contributed by atoms with Gasteiger partial charge in [-0.1, -0.05) is 0 Å². The van der Waals surface area contributed by atoms with Crippen molar-refractivity contribution in [2.75, 3.05) is 12.4 Å². The maximum atomic E-state index is 11.8. The largest absolute Gasteiger partial charge is 0.481 e. The molecule has 2 heterocycles. The van der Waals surface area contributed by atoms with Crippen LogP contribution in [0.25, 0.3) is 0 Å². The van der Waals surface area contributed by atoms with Crippen LogP contribution in [0.5, 0.6) is 5.88 Å². The lowest BCUT2D eigenvalue weighted by Gasteiger charge is -2.04. The minimum atomic E-state index is -0.716. The molecule has 1 N–H and O–H groups in total. The van der Waals surface area contributed by atoms with Gasteiger partial charge in [-0.3, -0.25) is 14.9 Å². The van der Waals surface area contributed by atoms with Gasteiger partial charge in [0.05, 0.1) is 13.2 Å². The van der Waals surface area contributed by atoms with Crippen molar-refractivity contribution in [3.05, 3.63) is 46.3 Å². The summed E-state index contributed by atoms with van der Waals surface area (Å²) in [6.07, 6.45) is 1.46. The number of carbonyl (C=O) groups is 1. The molecule has 0 atom stereocenters. The molecule has 0 fully saturated rings. The van der Waals surface area contributed by atoms with E-state index < -0.39 is 16.7 Å². The van der Waals surface area contributed by atoms with Crippen molar-refractivity contribution in [1.29, 1.82) is 0 Å². The Morgan fingerprint density at radius 1 is 1.47 bits per heavy atom. The first-order valence-corrected chi connectivity index (χ1v) is 5.16. The Balaban J connectivity index is 2.13. The van der Waals surface area contributed by atoms with Gasteiger partial charge >= 0.3 is 5.88 Å². The van der Waals surface area contributed by atoms with Gasteiger partial charge in [0.15, 0.2) is 5.76 Å². The fourth-order valence-electron chi connectivity index (χ4n) is 1.34. The summed E-state index contributed by atoms with van der Waals surface area (Å²) in [5.74, 6) is -0.899. The first-order chi connectivity index (χ1) is 9.10. The molecule has 0 saturated heterocycles. The molecule has 98 valence electrons. The molecule has 0 bridgehead atoms. The van der Waals surface area contributed by atoms with Crippen LogP contribution in [0, 0.1) is 10.1 Å². The van der Waals surface area contributed by atoms with Crippen LogP contribution in [0.3, 0.4) is 0 Å². The van der Waals surface area contributed by atoms with Gasteiger partial charge in [0.1, 0.15) is 4.92 Å². The Kier molecular flexibility index (Phi) is 3.42. The summed E-state index contributed by atoms with van der Waals surface area (Å²) >= 11 is 0. The number of carbonyl (C=O) groups excluding carboxylic acids is 1. The van der Waals surface area contributed by atoms with Crippen LogP contribution in [-0.4, -0.2) is 22.9 Å². The Morgan fingerprint density at radius 3 is 2.89 bits per heavy atom. The number of hydrogen-bond donors (Lipinski definition) is 1. The van der Waals surface area contributed by atoms with Crippen LogP contribution in [0.2, 0.25) is 0 Å². The molecule has 0 radical (unpaired) electrons. The third-order valence-electron chi connectivity index (χ3n) is 2.20. The topological polar surface area (TPSA) is 108 Å². The average Bonchev–Trinajstić information content (AvgIpc) is 2.89. The zero-order valence-corrected chi connectivity index (χ0v) is 9.82. The van der Waals surface area contributed by atoms with Gasteiger partial charge in [-0.15, -0.1) is 0 Å². The Hall–Kier alpha value is -2.90. The SMILES string of the molecule is COc1cc(NC(=O)c2ccc([N+](=O)[O-])o2)ccn1. The third kappa shape index (κ3) is 2.86. The molecule has 1 amide bonds. The van der Waals surface area contributed by atoms with Gasteiger partial charge in [0, 0.05) is 18.0 Å². The minimum absolute atomic E-state index is 0.150. The average molecular weight is 263 g/mol. The summed E-state index contributed by atoms with van der Waals surface area (Å²) in [6, 6.07) is 5.40. The highest BCUT2D eigenvalue weighted by Crippen LogP contribution is 2.18. The second kappa shape index (κ2) is 5.17. The van der Waals surface area contributed by atoms with Crippen LogP contribution < -0.4 is 10.1 Å². The molecule has 0 aromatic carbocycles. The first-order valence-electron chi connectivity index (χ1n) is 5.16. The third-order valence-corrected chi connectivity index (χ3v) is 2.20. The summed E-state index contributed by atoms with van der Waals surface area (Å²) in [4.78, 5) is 25.4. The van der Waals surface area contributed by atoms with Crippen LogP contribution in [0.4, 0.5) is 11.6 Å². The number of hydrogen-bond acceptors (Lipinski definition) is 6. The monoisotopic (exact) mass is 263 g/mol. The highest BCUT2D eigenvalue weighted by atomic mass is 16.6. The molecule has 2 aromatic rings. The van der Waals surface area contributed by atoms with E-state index in [0.717, 1.165) is 6.07 Å². The van der Waals surface area contributed by atoms with Gasteiger partial charge in [0.2, 0.25) is 5.88 Å². The van der Waals surface area contributed by atoms with Crippen molar-refractivity contribution in [3.8, 4) is 5.88 Å². The normalized spacial score (nSPS) is 9.95. The standard InChI is InChI=1S/C11H9N3O5/c1-18-9-6-7(4-5-12-9)13-11(15)8-2-3-10(19-8)14(16)17/h2-6H,1H3,(H,12,13,15). The van der Waals surface area contributed by atoms with Crippen molar-refractivity contribution >= 4 is 17.5 Å². The lowest BCUT2D eigenvalue weighted by atomic mass is 10.3. The number of nitro groups is 1. The minimum Gasteiger partial charge on any atom is -0.481 e. The molecule has 2 aromatic heterocycles. The highest BCUT2D eigenvalue weighted by molar-refractivity contribution is 6.02. The number of aromatic nitrogens is 1. The summed E-state index contributed by atoms with van der Waals surface area (Å²) in [6.45, 7) is 0. The number of rotatable bonds is 4. The molecule has 0 spiro atoms. The second-order valence-corrected chi connectivity index (χ2v) is 3.44. The van der Waals surface area contributed by atoms with Crippen molar-refractivity contribution in [2.24, 2.45) is 0 Å². The number of furan rings is 1. The molecule has 0 aliphatic carbocycles. The van der Waals surface area contributed by atoms with Gasteiger partial charge in [-0.25, -0.2) is 4.98 Å². The molecule has 0 unspecified atom stereocenters. The van der Waals surface area contributed by atoms with E-state index in [1.54, 1.807) is 6.07 Å². The van der Waals surface area contributed by atoms with E-state index in [4.69, 9.17) is 9.15 Å². The summed E-state index contributed by atoms with van der Waals surface area (Å²) in [5, 5.41) is 12.9. The molecular formula is C11H9N3O5. The quantitative estimate of drug-likeness (QED) is 0.666. The lowest BCUT2D eigenvalue weighted by molar-refractivity contribution is -0.402. The predicted molar refractivity (Wildman–Crippen MR) is 64.1 cm³/mol. The second-order valence-electron chi connectivity index (χ2n) is 3.44. The van der Waals surface area contributed by atoms with Gasteiger partial charge in [0.25, 0.3) is 5.91 Å². The number of methoxy groups -OCH3 is 1. The number of nitrogens with zero attached hydrogens (tertiary/aromatic N) is 2. The Morgan fingerprint density at radius 2 is 2.26 bits per heavy atom. The van der Waals surface area contributed by atoms with Gasteiger partial charge in [-0.2, -0.15) is 0 Å². The number of amides is 1. The van der Waals surface area contributed by atoms with Crippen molar-refractivity contribution in [2.45, 2.75) is 0 Å². The van der Waals surface area contributed by atoms with Crippen LogP contribution >= 0.6 is 0 Å². The fourth-order valence-corrected chi connectivity index (χ4v) is 1.34. The fraction of sp³-hybridized carbons (Fsp3) is 0.0909. The Labute approximate surface area is 107 Å². The molecule has 8 nitrogen and oxygen atoms in total. The maximum Gasteiger partial charge on any atom is 0.433 e. The molecule has 19 heavy (non-hydrogen) atoms. The maximum absolute atomic E-state index is 11.8. The van der Waals surface area contributed by atoms with E-state index in [1.807, 2.05) is 0 Å². The van der Waals surface area contributed by atoms with Gasteiger partial charge < -0.3 is 14.5 Å². The number of pyridine rings is 1. The van der Waals surface area contributed by atoms with E-state index in [1.165, 1.54) is 25.4 Å². The zero-order chi connectivity index (χ0) is 13.8. The van der Waals surface area contributed by atoms with Crippen LogP contribution in [0.15, 0.2) is 34.9 Å². The van der Waals surface area contributed by atoms with E-state index >= 15 is 0 Å². The molecule has 2 rings (SSSR count). The van der Waals surface area contributed by atoms with E-state index in [9.17, 15) is 14.9 Å². The van der Waals surface area contributed by atoms with Crippen molar-refractivity contribution < 1.29 is 18.9 Å². The van der Waals surface area contributed by atoms with E-state index in [-0.39, 0.29) is 5.76 Å². The Bertz CT molecular complexity index is 622. The lowest BCUT2D eigenvalue weighted by Crippen LogP contribution is -2.11. The molecule has 0 saturated carbocycles. The number of ether oxygens (including phenoxy) is 1. The highest BCUT2D eigenvalue weighted by Gasteiger charge is 2.17. The summed E-state index contributed by atoms with van der Waals surface area (Å²) in [7, 11) is 1.45. The predicted octanol–water partition coefficient (Wildman–Crippen LogP) is 1.84. The number of anilines is 1. The smallest absolute Gasteiger partial charge is 0.433 e. The van der Waals surface area contributed by atoms with E-state index in [0.29, 0.717) is 11.6 Å². The molecular weight excluding hydrogens is 254 g/mol. The van der Waals surface area contributed by atoms with E-state index in [2.05, 4.69) is 10.3 Å².